The van der Waals surface area contributed by atoms with Gasteiger partial charge in [-0.1, -0.05) is 6.07 Å². The molecule has 0 saturated carbocycles. The van der Waals surface area contributed by atoms with Gasteiger partial charge in [-0.05, 0) is 42.0 Å². The van der Waals surface area contributed by atoms with Crippen LogP contribution in [0.15, 0.2) is 54.9 Å². The van der Waals surface area contributed by atoms with Crippen LogP contribution in [0.25, 0.3) is 28.2 Å². The first kappa shape index (κ1) is 22.5. The van der Waals surface area contributed by atoms with Gasteiger partial charge < -0.3 is 15.0 Å². The number of hydrogen-bond acceptors (Lipinski definition) is 5. The number of imidazole rings is 1. The summed E-state index contributed by atoms with van der Waals surface area (Å²) in [6, 6.07) is 11.4. The number of morpholine rings is 1. The van der Waals surface area contributed by atoms with Crippen molar-refractivity contribution in [2.45, 2.75) is 18.7 Å². The molecule has 1 N–H and O–H groups in total. The van der Waals surface area contributed by atoms with Gasteiger partial charge >= 0.3 is 6.18 Å². The van der Waals surface area contributed by atoms with E-state index in [9.17, 15) is 22.4 Å². The van der Waals surface area contributed by atoms with Crippen molar-refractivity contribution in [2.75, 3.05) is 29.9 Å². The van der Waals surface area contributed by atoms with Gasteiger partial charge in [-0.3, -0.25) is 9.20 Å². The van der Waals surface area contributed by atoms with Crippen molar-refractivity contribution in [1.82, 2.24) is 14.4 Å². The molecule has 2 aliphatic heterocycles. The molecular weight excluding hydrogens is 478 g/mol. The number of alkyl halides is 3. The molecule has 0 bridgehead atoms. The number of carbonyl (C=O) groups excluding carboxylic acids is 1. The molecule has 1 atom stereocenters. The smallest absolute Gasteiger partial charge is 0.365 e. The molecule has 36 heavy (non-hydrogen) atoms. The van der Waals surface area contributed by atoms with Crippen LogP contribution in [-0.4, -0.2) is 52.3 Å². The normalized spacial score (nSPS) is 17.9. The second-order valence-corrected chi connectivity index (χ2v) is 8.70. The molecule has 1 amide bonds. The standard InChI is InChI=1S/C25H19F4N5O2/c26-17-4-1-14(2-5-17)21-22(15-3-6-18-16(11-15)12-20(35)31-18)34-8-7-30-23(24(34)32-21)33-9-10-36-19(13-33)25(27,28)29/h1-8,11,19H,9-10,12-13H2,(H,31,35)/t19-/m0/s1. The lowest BCUT2D eigenvalue weighted by Crippen LogP contribution is -2.49. The van der Waals surface area contributed by atoms with Gasteiger partial charge in [-0.25, -0.2) is 14.4 Å². The molecule has 4 aromatic rings. The van der Waals surface area contributed by atoms with Crippen LogP contribution < -0.4 is 10.2 Å². The predicted molar refractivity (Wildman–Crippen MR) is 124 cm³/mol. The molecule has 0 spiro atoms. The minimum Gasteiger partial charge on any atom is -0.365 e. The van der Waals surface area contributed by atoms with E-state index in [0.29, 0.717) is 28.4 Å². The number of hydrogen-bond donors (Lipinski definition) is 1. The number of fused-ring (bicyclic) bond motifs is 2. The Morgan fingerprint density at radius 2 is 1.86 bits per heavy atom. The number of rotatable bonds is 3. The summed E-state index contributed by atoms with van der Waals surface area (Å²) in [6.45, 7) is -0.284. The third kappa shape index (κ3) is 3.85. The van der Waals surface area contributed by atoms with Crippen LogP contribution in [0.5, 0.6) is 0 Å². The maximum absolute atomic E-state index is 13.7. The van der Waals surface area contributed by atoms with E-state index < -0.39 is 24.6 Å². The number of benzene rings is 2. The van der Waals surface area contributed by atoms with Gasteiger partial charge in [0.25, 0.3) is 0 Å². The highest BCUT2D eigenvalue weighted by Gasteiger charge is 2.44. The number of carbonyl (C=O) groups is 1. The molecule has 4 heterocycles. The third-order valence-corrected chi connectivity index (χ3v) is 6.38. The van der Waals surface area contributed by atoms with Gasteiger partial charge in [0.05, 0.1) is 31.0 Å². The fraction of sp³-hybridized carbons (Fsp3) is 0.240. The lowest BCUT2D eigenvalue weighted by molar-refractivity contribution is -0.221. The molecule has 11 heteroatoms. The SMILES string of the molecule is O=C1Cc2cc(-c3c(-c4ccc(F)cc4)nc4c(N5CCO[C@H](C(F)(F)F)C5)nccn34)ccc2N1. The Balaban J connectivity index is 1.53. The molecule has 0 unspecified atom stereocenters. The Bertz CT molecular complexity index is 1480. The molecule has 7 nitrogen and oxygen atoms in total. The maximum Gasteiger partial charge on any atom is 0.416 e. The molecule has 0 radical (unpaired) electrons. The quantitative estimate of drug-likeness (QED) is 0.423. The molecule has 1 saturated heterocycles. The van der Waals surface area contributed by atoms with E-state index in [-0.39, 0.29) is 25.5 Å². The van der Waals surface area contributed by atoms with E-state index in [1.807, 2.05) is 12.1 Å². The summed E-state index contributed by atoms with van der Waals surface area (Å²) in [5, 5.41) is 2.80. The number of amides is 1. The number of nitrogens with zero attached hydrogens (tertiary/aromatic N) is 4. The van der Waals surface area contributed by atoms with E-state index in [1.165, 1.54) is 23.2 Å². The molecule has 2 aromatic carbocycles. The largest absolute Gasteiger partial charge is 0.416 e. The molecule has 2 aliphatic rings. The van der Waals surface area contributed by atoms with E-state index in [1.54, 1.807) is 28.8 Å². The first-order chi connectivity index (χ1) is 17.3. The maximum atomic E-state index is 13.7. The number of anilines is 2. The van der Waals surface area contributed by atoms with Crippen LogP contribution in [0, 0.1) is 5.82 Å². The summed E-state index contributed by atoms with van der Waals surface area (Å²) in [7, 11) is 0. The first-order valence-electron chi connectivity index (χ1n) is 11.3. The van der Waals surface area contributed by atoms with Gasteiger partial charge in [0, 0.05) is 35.8 Å². The van der Waals surface area contributed by atoms with Crippen molar-refractivity contribution in [3.8, 4) is 22.5 Å². The van der Waals surface area contributed by atoms with Gasteiger partial charge in [0.15, 0.2) is 17.6 Å². The summed E-state index contributed by atoms with van der Waals surface area (Å²) in [5.74, 6) is -0.209. The highest BCUT2D eigenvalue weighted by molar-refractivity contribution is 6.00. The molecule has 6 rings (SSSR count). The van der Waals surface area contributed by atoms with E-state index in [4.69, 9.17) is 9.72 Å². The van der Waals surface area contributed by atoms with Crippen molar-refractivity contribution < 1.29 is 27.1 Å². The summed E-state index contributed by atoms with van der Waals surface area (Å²) < 4.78 is 60.5. The van der Waals surface area contributed by atoms with E-state index in [0.717, 1.165) is 16.8 Å². The Morgan fingerprint density at radius 1 is 1.08 bits per heavy atom. The van der Waals surface area contributed by atoms with Gasteiger partial charge in [0.1, 0.15) is 5.82 Å². The molecule has 2 aromatic heterocycles. The monoisotopic (exact) mass is 497 g/mol. The Labute approximate surface area is 202 Å². The average molecular weight is 497 g/mol. The second-order valence-electron chi connectivity index (χ2n) is 8.70. The van der Waals surface area contributed by atoms with Crippen molar-refractivity contribution in [3.05, 3.63) is 66.2 Å². The van der Waals surface area contributed by atoms with Crippen molar-refractivity contribution >= 4 is 23.1 Å². The van der Waals surface area contributed by atoms with E-state index in [2.05, 4.69) is 10.3 Å². The van der Waals surface area contributed by atoms with Crippen LogP contribution in [0.2, 0.25) is 0 Å². The molecule has 1 fully saturated rings. The third-order valence-electron chi connectivity index (χ3n) is 6.38. The number of aromatic nitrogens is 3. The number of ether oxygens (including phenoxy) is 1. The van der Waals surface area contributed by atoms with Crippen LogP contribution in [0.3, 0.4) is 0 Å². The number of nitrogens with one attached hydrogen (secondary N) is 1. The summed E-state index contributed by atoms with van der Waals surface area (Å²) in [4.78, 5) is 22.6. The molecule has 0 aliphatic carbocycles. The predicted octanol–water partition coefficient (Wildman–Crippen LogP) is 4.46. The Morgan fingerprint density at radius 3 is 2.64 bits per heavy atom. The summed E-state index contributed by atoms with van der Waals surface area (Å²) >= 11 is 0. The van der Waals surface area contributed by atoms with Crippen LogP contribution >= 0.6 is 0 Å². The van der Waals surface area contributed by atoms with Gasteiger partial charge in [-0.15, -0.1) is 0 Å². The van der Waals surface area contributed by atoms with Crippen LogP contribution in [0.1, 0.15) is 5.56 Å². The minimum atomic E-state index is -4.50. The first-order valence-corrected chi connectivity index (χ1v) is 11.3. The van der Waals surface area contributed by atoms with Crippen molar-refractivity contribution in [3.63, 3.8) is 0 Å². The van der Waals surface area contributed by atoms with Crippen molar-refractivity contribution in [2.24, 2.45) is 0 Å². The average Bonchev–Trinajstić information content (AvgIpc) is 3.43. The zero-order chi connectivity index (χ0) is 25.0. The van der Waals surface area contributed by atoms with Crippen LogP contribution in [0.4, 0.5) is 29.1 Å². The van der Waals surface area contributed by atoms with Gasteiger partial charge in [0.2, 0.25) is 5.91 Å². The zero-order valence-corrected chi connectivity index (χ0v) is 18.7. The highest BCUT2D eigenvalue weighted by atomic mass is 19.4. The number of halogens is 4. The second kappa shape index (κ2) is 8.30. The zero-order valence-electron chi connectivity index (χ0n) is 18.7. The topological polar surface area (TPSA) is 71.8 Å². The van der Waals surface area contributed by atoms with Crippen LogP contribution in [-0.2, 0) is 16.0 Å². The highest BCUT2D eigenvalue weighted by Crippen LogP contribution is 2.38. The molecular formula is C25H19F4N5O2. The van der Waals surface area contributed by atoms with Crippen molar-refractivity contribution in [1.29, 1.82) is 0 Å². The fourth-order valence-corrected chi connectivity index (χ4v) is 4.69. The summed E-state index contributed by atoms with van der Waals surface area (Å²) in [5.41, 5.74) is 4.48. The molecule has 184 valence electrons. The Hall–Kier alpha value is -3.99. The van der Waals surface area contributed by atoms with E-state index >= 15 is 0 Å². The van der Waals surface area contributed by atoms with Gasteiger partial charge in [-0.2, -0.15) is 13.2 Å². The fourth-order valence-electron chi connectivity index (χ4n) is 4.69. The Kier molecular flexibility index (Phi) is 5.18. The summed E-state index contributed by atoms with van der Waals surface area (Å²) in [6.07, 6.45) is -2.99. The minimum absolute atomic E-state index is 0.0999. The lowest BCUT2D eigenvalue weighted by atomic mass is 10.0. The lowest BCUT2D eigenvalue weighted by Gasteiger charge is -2.34.